The van der Waals surface area contributed by atoms with Crippen molar-refractivity contribution in [2.45, 2.75) is 115 Å². The van der Waals surface area contributed by atoms with Crippen molar-refractivity contribution in [2.75, 3.05) is 0 Å². The molecule has 4 rings (SSSR count). The Morgan fingerprint density at radius 3 is 2.39 bits per heavy atom. The van der Waals surface area contributed by atoms with Gasteiger partial charge in [-0.3, -0.25) is 4.79 Å². The normalized spacial score (nSPS) is 46.5. The third-order valence-electron chi connectivity index (χ3n) is 11.2. The standard InChI is InChI=1S/C29H46O7/c1-15(2)17(16(3)30)11-25(34)28(6,35)24-8-10-29(36)19-12-21(31)20-13-22(32)23(33)14-26(20,4)18(19)7-9-27(24,29)5/h12,16-18,20,22-25,30,32-36H,1,7-11,13-14H2,2-6H3/t16?,17?,18?,20-,22+,23-,24-,25?,26+,27+,28+,29?/m0/s1. The number of aliphatic hydroxyl groups is 6. The fourth-order valence-electron chi connectivity index (χ4n) is 8.83. The third kappa shape index (κ3) is 3.88. The van der Waals surface area contributed by atoms with Gasteiger partial charge in [-0.15, -0.1) is 0 Å². The quantitative estimate of drug-likeness (QED) is 0.304. The van der Waals surface area contributed by atoms with Gasteiger partial charge in [-0.1, -0.05) is 26.0 Å². The van der Waals surface area contributed by atoms with Crippen molar-refractivity contribution in [1.82, 2.24) is 0 Å². The van der Waals surface area contributed by atoms with E-state index in [1.165, 1.54) is 0 Å². The lowest BCUT2D eigenvalue weighted by Gasteiger charge is -2.60. The predicted octanol–water partition coefficient (Wildman–Crippen LogP) is 2.27. The Balaban J connectivity index is 1.67. The third-order valence-corrected chi connectivity index (χ3v) is 11.2. The van der Waals surface area contributed by atoms with E-state index in [4.69, 9.17) is 0 Å². The molecule has 0 spiro atoms. The highest BCUT2D eigenvalue weighted by molar-refractivity contribution is 5.95. The molecule has 4 aliphatic carbocycles. The van der Waals surface area contributed by atoms with Crippen molar-refractivity contribution in [3.63, 3.8) is 0 Å². The second-order valence-electron chi connectivity index (χ2n) is 13.3. The SMILES string of the molecule is C=C(C)C(CC(O)[C@](C)(O)[C@H]1CCC2(O)C3=CC(=O)[C@@H]4C[C@@H](O)[C@@H](O)C[C@]4(C)C3CC[C@]12C)C(C)O. The van der Waals surface area contributed by atoms with Gasteiger partial charge in [-0.05, 0) is 94.6 Å². The largest absolute Gasteiger partial charge is 0.393 e. The minimum atomic E-state index is -1.52. The zero-order chi connectivity index (χ0) is 27.0. The molecule has 4 aliphatic rings. The highest BCUT2D eigenvalue weighted by Gasteiger charge is 2.69. The van der Waals surface area contributed by atoms with Gasteiger partial charge in [-0.2, -0.15) is 0 Å². The molecular formula is C29H46O7. The molecule has 0 aromatic heterocycles. The summed E-state index contributed by atoms with van der Waals surface area (Å²) in [5, 5.41) is 66.2. The van der Waals surface area contributed by atoms with E-state index in [-0.39, 0.29) is 36.4 Å². The van der Waals surface area contributed by atoms with Crippen LogP contribution in [-0.4, -0.2) is 72.0 Å². The average molecular weight is 507 g/mol. The van der Waals surface area contributed by atoms with Gasteiger partial charge in [0.15, 0.2) is 5.78 Å². The molecule has 0 aromatic carbocycles. The molecule has 0 radical (unpaired) electrons. The molecule has 0 amide bonds. The number of carbonyl (C=O) groups excluding carboxylic acids is 1. The number of carbonyl (C=O) groups is 1. The lowest BCUT2D eigenvalue weighted by Crippen LogP contribution is -2.63. The number of hydrogen-bond acceptors (Lipinski definition) is 7. The van der Waals surface area contributed by atoms with Crippen molar-refractivity contribution in [3.8, 4) is 0 Å². The van der Waals surface area contributed by atoms with Crippen LogP contribution in [0.2, 0.25) is 0 Å². The number of rotatable bonds is 6. The molecule has 36 heavy (non-hydrogen) atoms. The van der Waals surface area contributed by atoms with Crippen LogP contribution in [0.4, 0.5) is 0 Å². The van der Waals surface area contributed by atoms with E-state index < -0.39 is 52.4 Å². The topological polar surface area (TPSA) is 138 Å². The summed E-state index contributed by atoms with van der Waals surface area (Å²) in [6.45, 7) is 13.0. The molecule has 7 nitrogen and oxygen atoms in total. The molecule has 0 saturated heterocycles. The Labute approximate surface area is 214 Å². The zero-order valence-electron chi connectivity index (χ0n) is 22.4. The Bertz CT molecular complexity index is 940. The van der Waals surface area contributed by atoms with Crippen LogP contribution in [0.1, 0.15) is 79.6 Å². The first-order valence-electron chi connectivity index (χ1n) is 13.6. The number of ketones is 1. The molecule has 0 bridgehead atoms. The highest BCUT2D eigenvalue weighted by atomic mass is 16.3. The van der Waals surface area contributed by atoms with Gasteiger partial charge in [0.2, 0.25) is 0 Å². The lowest BCUT2D eigenvalue weighted by molar-refractivity contribution is -0.177. The molecule has 12 atom stereocenters. The van der Waals surface area contributed by atoms with Gasteiger partial charge in [0.1, 0.15) is 0 Å². The highest BCUT2D eigenvalue weighted by Crippen LogP contribution is 2.68. The minimum Gasteiger partial charge on any atom is -0.393 e. The maximum absolute atomic E-state index is 13.3. The van der Waals surface area contributed by atoms with Crippen molar-refractivity contribution in [2.24, 2.45) is 34.5 Å². The summed E-state index contributed by atoms with van der Waals surface area (Å²) < 4.78 is 0. The molecule has 0 aromatic rings. The van der Waals surface area contributed by atoms with Crippen molar-refractivity contribution < 1.29 is 35.4 Å². The van der Waals surface area contributed by atoms with Crippen molar-refractivity contribution >= 4 is 5.78 Å². The van der Waals surface area contributed by atoms with E-state index in [9.17, 15) is 35.4 Å². The zero-order valence-corrected chi connectivity index (χ0v) is 22.4. The van der Waals surface area contributed by atoms with Crippen LogP contribution < -0.4 is 0 Å². The number of allylic oxidation sites excluding steroid dienone is 1. The van der Waals surface area contributed by atoms with Gasteiger partial charge in [-0.25, -0.2) is 0 Å². The molecule has 7 heteroatoms. The molecule has 0 heterocycles. The Morgan fingerprint density at radius 1 is 1.17 bits per heavy atom. The number of hydrogen-bond donors (Lipinski definition) is 6. The van der Waals surface area contributed by atoms with Crippen LogP contribution in [-0.2, 0) is 4.79 Å². The van der Waals surface area contributed by atoms with E-state index in [0.29, 0.717) is 37.7 Å². The molecule has 204 valence electrons. The van der Waals surface area contributed by atoms with Crippen LogP contribution in [0.25, 0.3) is 0 Å². The Morgan fingerprint density at radius 2 is 1.81 bits per heavy atom. The summed E-state index contributed by atoms with van der Waals surface area (Å²) in [6, 6.07) is 0. The second kappa shape index (κ2) is 8.99. The maximum Gasteiger partial charge on any atom is 0.159 e. The van der Waals surface area contributed by atoms with Crippen molar-refractivity contribution in [1.29, 1.82) is 0 Å². The minimum absolute atomic E-state index is 0.0999. The Kier molecular flexibility index (Phi) is 6.98. The monoisotopic (exact) mass is 506 g/mol. The van der Waals surface area contributed by atoms with Crippen molar-refractivity contribution in [3.05, 3.63) is 23.8 Å². The predicted molar refractivity (Wildman–Crippen MR) is 136 cm³/mol. The van der Waals surface area contributed by atoms with Gasteiger partial charge in [0, 0.05) is 17.3 Å². The lowest BCUT2D eigenvalue weighted by atomic mass is 9.45. The van der Waals surface area contributed by atoms with E-state index in [0.717, 1.165) is 5.57 Å². The molecule has 3 saturated carbocycles. The van der Waals surface area contributed by atoms with Gasteiger partial charge >= 0.3 is 0 Å². The van der Waals surface area contributed by atoms with E-state index in [2.05, 4.69) is 6.58 Å². The van der Waals surface area contributed by atoms with E-state index >= 15 is 0 Å². The summed E-state index contributed by atoms with van der Waals surface area (Å²) >= 11 is 0. The summed E-state index contributed by atoms with van der Waals surface area (Å²) in [6.07, 6.45) is 0.788. The second-order valence-corrected chi connectivity index (χ2v) is 13.3. The first-order chi connectivity index (χ1) is 16.5. The Hall–Kier alpha value is -1.09. The maximum atomic E-state index is 13.3. The summed E-state index contributed by atoms with van der Waals surface area (Å²) in [7, 11) is 0. The number of aliphatic hydroxyl groups excluding tert-OH is 4. The van der Waals surface area contributed by atoms with Crippen LogP contribution in [0.5, 0.6) is 0 Å². The van der Waals surface area contributed by atoms with Crippen LogP contribution in [0, 0.1) is 34.5 Å². The first-order valence-corrected chi connectivity index (χ1v) is 13.6. The van der Waals surface area contributed by atoms with Gasteiger partial charge in [0.05, 0.1) is 35.6 Å². The molecule has 6 N–H and O–H groups in total. The van der Waals surface area contributed by atoms with Gasteiger partial charge in [0.25, 0.3) is 0 Å². The smallest absolute Gasteiger partial charge is 0.159 e. The molecule has 3 fully saturated rings. The average Bonchev–Trinajstić information content (AvgIpc) is 3.05. The molecule has 5 unspecified atom stereocenters. The van der Waals surface area contributed by atoms with Gasteiger partial charge < -0.3 is 30.6 Å². The molecular weight excluding hydrogens is 460 g/mol. The van der Waals surface area contributed by atoms with Crippen LogP contribution >= 0.6 is 0 Å². The summed E-state index contributed by atoms with van der Waals surface area (Å²) in [5.41, 5.74) is -2.72. The number of fused-ring (bicyclic) bond motifs is 5. The summed E-state index contributed by atoms with van der Waals surface area (Å²) in [4.78, 5) is 13.3. The summed E-state index contributed by atoms with van der Waals surface area (Å²) in [5.74, 6) is -1.38. The van der Waals surface area contributed by atoms with Crippen LogP contribution in [0.3, 0.4) is 0 Å². The molecule has 0 aliphatic heterocycles. The van der Waals surface area contributed by atoms with E-state index in [1.807, 2.05) is 13.8 Å². The fraction of sp³-hybridized carbons (Fsp3) is 0.828. The first kappa shape index (κ1) is 27.9. The fourth-order valence-corrected chi connectivity index (χ4v) is 8.83. The van der Waals surface area contributed by atoms with E-state index in [1.54, 1.807) is 26.8 Å². The van der Waals surface area contributed by atoms with Crippen LogP contribution in [0.15, 0.2) is 23.8 Å².